The van der Waals surface area contributed by atoms with Crippen LogP contribution in [0.25, 0.3) is 0 Å². The molecule has 0 unspecified atom stereocenters. The molecule has 2 aliphatic heterocycles. The summed E-state index contributed by atoms with van der Waals surface area (Å²) >= 11 is 0. The zero-order valence-corrected chi connectivity index (χ0v) is 16.1. The van der Waals surface area contributed by atoms with Gasteiger partial charge in [-0.15, -0.1) is 0 Å². The Balaban J connectivity index is 1.63. The molecule has 2 aliphatic rings. The average Bonchev–Trinajstić information content (AvgIpc) is 3.00. The average molecular weight is 405 g/mol. The number of rotatable bonds is 8. The van der Waals surface area contributed by atoms with Crippen molar-refractivity contribution in [2.24, 2.45) is 0 Å². The number of hydrogen-bond donors (Lipinski definition) is 2. The van der Waals surface area contributed by atoms with Gasteiger partial charge in [0.15, 0.2) is 18.1 Å². The number of imide groups is 1. The Labute approximate surface area is 167 Å². The molecule has 1 fully saturated rings. The highest BCUT2D eigenvalue weighted by molar-refractivity contribution is 6.17. The fraction of sp³-hybridized carbons (Fsp3) is 0.421. The summed E-state index contributed by atoms with van der Waals surface area (Å²) in [6.45, 7) is 1.62. The molecule has 10 nitrogen and oxygen atoms in total. The first kappa shape index (κ1) is 20.6. The second-order valence-electron chi connectivity index (χ2n) is 6.35. The lowest BCUT2D eigenvalue weighted by Gasteiger charge is -2.26. The minimum Gasteiger partial charge on any atom is -0.493 e. The van der Waals surface area contributed by atoms with Crippen LogP contribution in [0.3, 0.4) is 0 Å². The summed E-state index contributed by atoms with van der Waals surface area (Å²) in [4.78, 5) is 38.9. The van der Waals surface area contributed by atoms with Crippen LogP contribution in [-0.2, 0) is 19.1 Å². The number of morpholine rings is 1. The van der Waals surface area contributed by atoms with Crippen molar-refractivity contribution in [1.29, 1.82) is 0 Å². The van der Waals surface area contributed by atoms with Crippen LogP contribution >= 0.6 is 0 Å². The number of anilines is 1. The largest absolute Gasteiger partial charge is 0.493 e. The normalized spacial score (nSPS) is 16.7. The number of β-amino-alcohol motifs (C(OH)–C–C–N with tert-alkyl or cyclic N) is 1. The number of hydrogen-bond acceptors (Lipinski definition) is 8. The first-order valence-electron chi connectivity index (χ1n) is 9.15. The second kappa shape index (κ2) is 9.39. The first-order chi connectivity index (χ1) is 14.0. The van der Waals surface area contributed by atoms with Crippen molar-refractivity contribution in [3.63, 3.8) is 0 Å². The van der Waals surface area contributed by atoms with Crippen molar-refractivity contribution in [2.75, 3.05) is 58.5 Å². The van der Waals surface area contributed by atoms with E-state index in [1.807, 2.05) is 0 Å². The lowest BCUT2D eigenvalue weighted by atomic mass is 10.2. The molecule has 0 aliphatic carbocycles. The van der Waals surface area contributed by atoms with Crippen LogP contribution in [0.5, 0.6) is 11.5 Å². The molecule has 29 heavy (non-hydrogen) atoms. The van der Waals surface area contributed by atoms with Gasteiger partial charge in [0.05, 0.1) is 33.5 Å². The summed E-state index contributed by atoms with van der Waals surface area (Å²) in [7, 11) is 1.46. The number of methoxy groups -OCH3 is 1. The van der Waals surface area contributed by atoms with Gasteiger partial charge in [-0.1, -0.05) is 0 Å². The molecule has 3 rings (SSSR count). The van der Waals surface area contributed by atoms with Crippen LogP contribution in [0.15, 0.2) is 30.0 Å². The fourth-order valence-electron chi connectivity index (χ4n) is 2.97. The number of nitrogens with zero attached hydrogens (tertiary/aromatic N) is 2. The van der Waals surface area contributed by atoms with Crippen molar-refractivity contribution >= 4 is 23.4 Å². The van der Waals surface area contributed by atoms with Crippen molar-refractivity contribution in [3.05, 3.63) is 30.0 Å². The van der Waals surface area contributed by atoms with E-state index in [0.717, 1.165) is 4.90 Å². The van der Waals surface area contributed by atoms with Crippen molar-refractivity contribution in [3.8, 4) is 11.5 Å². The number of aliphatic hydroxyl groups excluding tert-OH is 1. The van der Waals surface area contributed by atoms with Gasteiger partial charge in [0.25, 0.3) is 17.7 Å². The molecule has 3 amide bonds. The van der Waals surface area contributed by atoms with Crippen LogP contribution in [0.1, 0.15) is 0 Å². The number of nitrogens with one attached hydrogen (secondary N) is 1. The van der Waals surface area contributed by atoms with E-state index in [4.69, 9.17) is 19.3 Å². The van der Waals surface area contributed by atoms with E-state index < -0.39 is 11.8 Å². The van der Waals surface area contributed by atoms with Crippen LogP contribution in [-0.4, -0.2) is 85.8 Å². The zero-order chi connectivity index (χ0) is 20.8. The highest BCUT2D eigenvalue weighted by Crippen LogP contribution is 2.31. The van der Waals surface area contributed by atoms with Gasteiger partial charge >= 0.3 is 0 Å². The van der Waals surface area contributed by atoms with Crippen LogP contribution < -0.4 is 14.8 Å². The molecule has 2 heterocycles. The van der Waals surface area contributed by atoms with E-state index in [1.54, 1.807) is 23.1 Å². The Morgan fingerprint density at radius 1 is 1.24 bits per heavy atom. The van der Waals surface area contributed by atoms with E-state index in [-0.39, 0.29) is 31.4 Å². The highest BCUT2D eigenvalue weighted by Gasteiger charge is 2.30. The molecule has 0 radical (unpaired) electrons. The van der Waals surface area contributed by atoms with Crippen molar-refractivity contribution < 1.29 is 33.7 Å². The smallest absolute Gasteiger partial charge is 0.277 e. The lowest BCUT2D eigenvalue weighted by Crippen LogP contribution is -2.43. The topological polar surface area (TPSA) is 118 Å². The minimum absolute atomic E-state index is 0.0629. The van der Waals surface area contributed by atoms with E-state index in [0.29, 0.717) is 43.5 Å². The lowest BCUT2D eigenvalue weighted by molar-refractivity contribution is -0.138. The molecule has 1 aromatic rings. The van der Waals surface area contributed by atoms with E-state index >= 15 is 0 Å². The van der Waals surface area contributed by atoms with Crippen molar-refractivity contribution in [1.82, 2.24) is 9.80 Å². The Hall–Kier alpha value is -3.11. The van der Waals surface area contributed by atoms with E-state index in [1.165, 1.54) is 13.2 Å². The molecule has 10 heteroatoms. The Bertz CT molecular complexity index is 818. The predicted octanol–water partition coefficient (Wildman–Crippen LogP) is -0.410. The Kier molecular flexibility index (Phi) is 6.68. The number of aliphatic hydroxyl groups is 1. The molecular weight excluding hydrogens is 382 g/mol. The summed E-state index contributed by atoms with van der Waals surface area (Å²) < 4.78 is 16.1. The van der Waals surface area contributed by atoms with Gasteiger partial charge in [-0.2, -0.15) is 0 Å². The number of ether oxygens (including phenoxy) is 3. The first-order valence-corrected chi connectivity index (χ1v) is 9.15. The fourth-order valence-corrected chi connectivity index (χ4v) is 2.97. The van der Waals surface area contributed by atoms with E-state index in [9.17, 15) is 14.4 Å². The maximum Gasteiger partial charge on any atom is 0.277 e. The molecule has 156 valence electrons. The molecule has 0 atom stereocenters. The highest BCUT2D eigenvalue weighted by atomic mass is 16.5. The third-order valence-corrected chi connectivity index (χ3v) is 4.49. The quantitative estimate of drug-likeness (QED) is 0.561. The van der Waals surface area contributed by atoms with Crippen LogP contribution in [0.2, 0.25) is 0 Å². The molecule has 0 bridgehead atoms. The molecule has 0 aromatic heterocycles. The van der Waals surface area contributed by atoms with E-state index in [2.05, 4.69) is 5.32 Å². The Morgan fingerprint density at radius 2 is 2.00 bits per heavy atom. The van der Waals surface area contributed by atoms with Crippen LogP contribution in [0.4, 0.5) is 5.69 Å². The third kappa shape index (κ3) is 4.84. The monoisotopic (exact) mass is 405 g/mol. The van der Waals surface area contributed by atoms with Gasteiger partial charge in [-0.3, -0.25) is 19.3 Å². The Morgan fingerprint density at radius 3 is 2.69 bits per heavy atom. The van der Waals surface area contributed by atoms with Gasteiger partial charge in [0, 0.05) is 30.9 Å². The van der Waals surface area contributed by atoms with Crippen molar-refractivity contribution in [2.45, 2.75) is 0 Å². The second-order valence-corrected chi connectivity index (χ2v) is 6.35. The van der Waals surface area contributed by atoms with Gasteiger partial charge in [0.2, 0.25) is 0 Å². The summed E-state index contributed by atoms with van der Waals surface area (Å²) in [6, 6.07) is 4.85. The molecular formula is C19H23N3O7. The zero-order valence-electron chi connectivity index (χ0n) is 16.1. The summed E-state index contributed by atoms with van der Waals surface area (Å²) in [5.41, 5.74) is 0.605. The molecule has 1 saturated heterocycles. The number of carbonyl (C=O) groups is 3. The minimum atomic E-state index is -0.514. The summed E-state index contributed by atoms with van der Waals surface area (Å²) in [5, 5.41) is 11.8. The van der Waals surface area contributed by atoms with Gasteiger partial charge in [-0.05, 0) is 12.1 Å². The number of benzene rings is 1. The summed E-state index contributed by atoms with van der Waals surface area (Å²) in [5.74, 6) is -0.389. The van der Waals surface area contributed by atoms with Gasteiger partial charge in [0.1, 0.15) is 5.70 Å². The summed E-state index contributed by atoms with van der Waals surface area (Å²) in [6.07, 6.45) is 1.18. The molecule has 1 aromatic carbocycles. The predicted molar refractivity (Wildman–Crippen MR) is 101 cm³/mol. The molecule has 2 N–H and O–H groups in total. The van der Waals surface area contributed by atoms with Gasteiger partial charge < -0.3 is 29.5 Å². The maximum atomic E-state index is 12.2. The maximum absolute atomic E-state index is 12.2. The van der Waals surface area contributed by atoms with Crippen LogP contribution in [0, 0.1) is 0 Å². The SMILES string of the molecule is COc1cc(NC2=CC(=O)N(CCO)C2=O)ccc1OCC(=O)N1CCOCC1. The van der Waals surface area contributed by atoms with Gasteiger partial charge in [-0.25, -0.2) is 0 Å². The standard InChI is InChI=1S/C19H23N3O7/c1-27-16-10-13(20-14-11-17(24)22(4-7-23)19(14)26)2-3-15(16)29-12-18(25)21-5-8-28-9-6-21/h2-3,10-11,20,23H,4-9,12H2,1H3. The molecule has 0 saturated carbocycles. The third-order valence-electron chi connectivity index (χ3n) is 4.49. The molecule has 0 spiro atoms. The number of carbonyl (C=O) groups excluding carboxylic acids is 3. The number of amides is 3.